The molecule has 2 aromatic heterocycles. The summed E-state index contributed by atoms with van der Waals surface area (Å²) in [4.78, 5) is 21.0. The van der Waals surface area contributed by atoms with Crippen LogP contribution in [-0.2, 0) is 25.1 Å². The maximum atomic E-state index is 13.1. The van der Waals surface area contributed by atoms with Crippen molar-refractivity contribution < 1.29 is 41.7 Å². The molecule has 2 aromatic rings. The Morgan fingerprint density at radius 2 is 1.85 bits per heavy atom. The van der Waals surface area contributed by atoms with Crippen molar-refractivity contribution in [1.29, 1.82) is 0 Å². The Morgan fingerprint density at radius 1 is 1.12 bits per heavy atom. The lowest BCUT2D eigenvalue weighted by molar-refractivity contribution is -0.156. The molecule has 5 heterocycles. The first-order valence-corrected chi connectivity index (χ1v) is 13.2. The van der Waals surface area contributed by atoms with E-state index >= 15 is 0 Å². The van der Waals surface area contributed by atoms with Crippen LogP contribution in [-0.4, -0.2) is 93.2 Å². The van der Waals surface area contributed by atoms with Crippen molar-refractivity contribution in [3.8, 4) is 5.88 Å². The molecule has 0 saturated carbocycles. The number of rotatable bonds is 6. The Morgan fingerprint density at radius 3 is 2.51 bits per heavy atom. The zero-order chi connectivity index (χ0) is 29.6. The molecule has 4 atom stereocenters. The number of ether oxygens (including phenoxy) is 5. The summed E-state index contributed by atoms with van der Waals surface area (Å²) >= 11 is 0. The molecule has 3 aliphatic heterocycles. The van der Waals surface area contributed by atoms with Gasteiger partial charge in [-0.15, -0.1) is 5.10 Å². The Bertz CT molecular complexity index is 1240. The van der Waals surface area contributed by atoms with Crippen molar-refractivity contribution in [2.75, 3.05) is 31.6 Å². The summed E-state index contributed by atoms with van der Waals surface area (Å²) in [6.07, 6.45) is -4.76. The molecule has 3 fully saturated rings. The second kappa shape index (κ2) is 10.8. The van der Waals surface area contributed by atoms with E-state index in [0.717, 1.165) is 5.69 Å². The molecule has 3 aliphatic rings. The van der Waals surface area contributed by atoms with Crippen molar-refractivity contribution in [1.82, 2.24) is 25.1 Å². The lowest BCUT2D eigenvalue weighted by Gasteiger charge is -2.39. The third-order valence-electron chi connectivity index (χ3n) is 6.68. The summed E-state index contributed by atoms with van der Waals surface area (Å²) in [5.41, 5.74) is -0.911. The summed E-state index contributed by atoms with van der Waals surface area (Å²) in [5, 5.41) is 11.4. The minimum Gasteiger partial charge on any atom is -0.474 e. The molecule has 1 amide bonds. The standard InChI is InChI=1S/C26H33F3N6O6/c1-24(2,3)41-23(36)35-10-14(11-35)15-6-7-20(34-33-15)38-13-17-22-21(39-25(4,5)40-22)16(12-37-17)31-19-9-30-8-18(32-19)26(27,28)29/h6-9,14,16-17,21-22H,10-13H2,1-5H3,(H,31,32)/t16-,17+,21+,22-/m0/s1. The van der Waals surface area contributed by atoms with Crippen LogP contribution < -0.4 is 10.1 Å². The number of carbonyl (C=O) groups is 1. The largest absolute Gasteiger partial charge is 0.474 e. The van der Waals surface area contributed by atoms with Crippen LogP contribution in [0.15, 0.2) is 24.5 Å². The number of anilines is 1. The molecule has 0 aliphatic carbocycles. The van der Waals surface area contributed by atoms with E-state index < -0.39 is 47.6 Å². The molecule has 0 bridgehead atoms. The number of nitrogens with zero attached hydrogens (tertiary/aromatic N) is 5. The highest BCUT2D eigenvalue weighted by Crippen LogP contribution is 2.37. The summed E-state index contributed by atoms with van der Waals surface area (Å²) < 4.78 is 68.6. The molecule has 15 heteroatoms. The number of aromatic nitrogens is 4. The van der Waals surface area contributed by atoms with Crippen LogP contribution in [0.2, 0.25) is 0 Å². The first-order chi connectivity index (χ1) is 19.2. The zero-order valence-corrected chi connectivity index (χ0v) is 23.3. The smallest absolute Gasteiger partial charge is 0.434 e. The summed E-state index contributed by atoms with van der Waals surface area (Å²) in [6, 6.07) is 2.96. The second-order valence-electron chi connectivity index (χ2n) is 11.7. The van der Waals surface area contributed by atoms with E-state index in [0.29, 0.717) is 19.3 Å². The summed E-state index contributed by atoms with van der Waals surface area (Å²) in [6.45, 7) is 10.1. The molecule has 12 nitrogen and oxygen atoms in total. The predicted octanol–water partition coefficient (Wildman–Crippen LogP) is 3.40. The number of carbonyl (C=O) groups excluding carboxylic acids is 1. The normalized spacial score (nSPS) is 26.2. The topological polar surface area (TPSA) is 130 Å². The van der Waals surface area contributed by atoms with E-state index in [2.05, 4.69) is 25.5 Å². The lowest BCUT2D eigenvalue weighted by atomic mass is 9.97. The second-order valence-corrected chi connectivity index (χ2v) is 11.7. The lowest BCUT2D eigenvalue weighted by Crippen LogP contribution is -2.56. The number of hydrogen-bond acceptors (Lipinski definition) is 11. The van der Waals surface area contributed by atoms with E-state index in [1.54, 1.807) is 30.9 Å². The van der Waals surface area contributed by atoms with Gasteiger partial charge in [-0.2, -0.15) is 18.3 Å². The van der Waals surface area contributed by atoms with E-state index in [1.807, 2.05) is 20.8 Å². The number of halogens is 3. The van der Waals surface area contributed by atoms with Gasteiger partial charge in [0.25, 0.3) is 0 Å². The molecular formula is C26H33F3N6O6. The first kappa shape index (κ1) is 29.2. The van der Waals surface area contributed by atoms with Gasteiger partial charge >= 0.3 is 12.3 Å². The zero-order valence-electron chi connectivity index (χ0n) is 23.3. The highest BCUT2D eigenvalue weighted by molar-refractivity contribution is 5.69. The Balaban J connectivity index is 1.16. The molecule has 0 spiro atoms. The molecule has 0 radical (unpaired) electrons. The van der Waals surface area contributed by atoms with Crippen LogP contribution in [0.1, 0.15) is 51.9 Å². The van der Waals surface area contributed by atoms with Gasteiger partial charge in [-0.25, -0.2) is 9.78 Å². The number of fused-ring (bicyclic) bond motifs is 1. The molecule has 1 N–H and O–H groups in total. The molecule has 0 unspecified atom stereocenters. The van der Waals surface area contributed by atoms with Crippen LogP contribution in [0.4, 0.5) is 23.8 Å². The maximum absolute atomic E-state index is 13.1. The Hall–Kier alpha value is -3.30. The number of likely N-dealkylation sites (tertiary alicyclic amines) is 1. The monoisotopic (exact) mass is 582 g/mol. The highest BCUT2D eigenvalue weighted by atomic mass is 19.4. The van der Waals surface area contributed by atoms with E-state index in [-0.39, 0.29) is 36.9 Å². The first-order valence-electron chi connectivity index (χ1n) is 13.2. The number of alkyl halides is 3. The van der Waals surface area contributed by atoms with Crippen molar-refractivity contribution in [3.05, 3.63) is 35.9 Å². The van der Waals surface area contributed by atoms with Crippen LogP contribution >= 0.6 is 0 Å². The fraction of sp³-hybridized carbons (Fsp3) is 0.654. The predicted molar refractivity (Wildman–Crippen MR) is 136 cm³/mol. The molecule has 5 rings (SSSR count). The van der Waals surface area contributed by atoms with Gasteiger partial charge < -0.3 is 33.9 Å². The molecular weight excluding hydrogens is 549 g/mol. The summed E-state index contributed by atoms with van der Waals surface area (Å²) in [5.74, 6) is -0.650. The van der Waals surface area contributed by atoms with Crippen molar-refractivity contribution in [3.63, 3.8) is 0 Å². The van der Waals surface area contributed by atoms with Gasteiger partial charge in [0.15, 0.2) is 11.5 Å². The summed E-state index contributed by atoms with van der Waals surface area (Å²) in [7, 11) is 0. The number of hydrogen-bond donors (Lipinski definition) is 1. The quantitative estimate of drug-likeness (QED) is 0.538. The average Bonchev–Trinajstić information content (AvgIpc) is 3.17. The third kappa shape index (κ3) is 6.96. The van der Waals surface area contributed by atoms with Crippen LogP contribution in [0, 0.1) is 0 Å². The fourth-order valence-corrected chi connectivity index (χ4v) is 4.80. The van der Waals surface area contributed by atoms with E-state index in [4.69, 9.17) is 23.7 Å². The average molecular weight is 583 g/mol. The van der Waals surface area contributed by atoms with Crippen molar-refractivity contribution >= 4 is 11.9 Å². The SMILES string of the molecule is CC(C)(C)OC(=O)N1CC(c2ccc(OC[C@H]3OC[C@H](Nc4cncc(C(F)(F)F)n4)[C@H]4OC(C)(C)O[C@H]43)nn2)C1. The minimum absolute atomic E-state index is 0.0498. The molecule has 0 aromatic carbocycles. The van der Waals surface area contributed by atoms with Gasteiger partial charge in [-0.1, -0.05) is 0 Å². The van der Waals surface area contributed by atoms with Gasteiger partial charge in [-0.05, 0) is 40.7 Å². The van der Waals surface area contributed by atoms with E-state index in [9.17, 15) is 18.0 Å². The van der Waals surface area contributed by atoms with Gasteiger partial charge in [0.1, 0.15) is 36.3 Å². The van der Waals surface area contributed by atoms with Gasteiger partial charge in [0.05, 0.1) is 30.7 Å². The van der Waals surface area contributed by atoms with Crippen LogP contribution in [0.5, 0.6) is 5.88 Å². The minimum atomic E-state index is -4.62. The number of amides is 1. The molecule has 224 valence electrons. The Kier molecular flexibility index (Phi) is 7.72. The molecule has 41 heavy (non-hydrogen) atoms. The van der Waals surface area contributed by atoms with E-state index in [1.165, 1.54) is 6.20 Å². The van der Waals surface area contributed by atoms with Crippen LogP contribution in [0.3, 0.4) is 0 Å². The van der Waals surface area contributed by atoms with Gasteiger partial charge in [0.2, 0.25) is 5.88 Å². The third-order valence-corrected chi connectivity index (χ3v) is 6.68. The van der Waals surface area contributed by atoms with Crippen molar-refractivity contribution in [2.45, 2.75) is 82.5 Å². The Labute approximate surface area is 234 Å². The van der Waals surface area contributed by atoms with Gasteiger partial charge in [-0.3, -0.25) is 4.98 Å². The molecule has 3 saturated heterocycles. The fourth-order valence-electron chi connectivity index (χ4n) is 4.80. The number of nitrogens with one attached hydrogen (secondary N) is 1. The highest BCUT2D eigenvalue weighted by Gasteiger charge is 2.52. The maximum Gasteiger partial charge on any atom is 0.434 e. The van der Waals surface area contributed by atoms with Crippen LogP contribution in [0.25, 0.3) is 0 Å². The van der Waals surface area contributed by atoms with Gasteiger partial charge in [0, 0.05) is 25.1 Å². The van der Waals surface area contributed by atoms with Crippen molar-refractivity contribution in [2.24, 2.45) is 0 Å².